The van der Waals surface area contributed by atoms with E-state index in [1.807, 2.05) is 44.2 Å². The van der Waals surface area contributed by atoms with E-state index >= 15 is 0 Å². The monoisotopic (exact) mass is 308 g/mol. The molecule has 0 radical (unpaired) electrons. The molecule has 2 atom stereocenters. The van der Waals surface area contributed by atoms with E-state index < -0.39 is 11.6 Å². The van der Waals surface area contributed by atoms with E-state index in [1.165, 1.54) is 0 Å². The Labute approximate surface area is 131 Å². The molecule has 4 nitrogen and oxygen atoms in total. The Morgan fingerprint density at radius 3 is 2.52 bits per heavy atom. The summed E-state index contributed by atoms with van der Waals surface area (Å²) in [5, 5.41) is 31.3. The highest BCUT2D eigenvalue weighted by Crippen LogP contribution is 2.27. The molecule has 116 valence electrons. The highest BCUT2D eigenvalue weighted by Gasteiger charge is 2.32. The van der Waals surface area contributed by atoms with Gasteiger partial charge in [-0.05, 0) is 31.6 Å². The molecule has 0 bridgehead atoms. The predicted octanol–water partition coefficient (Wildman–Crippen LogP) is 1.88. The molecule has 0 amide bonds. The highest BCUT2D eigenvalue weighted by molar-refractivity contribution is 7.99. The van der Waals surface area contributed by atoms with Gasteiger partial charge in [0, 0.05) is 11.8 Å². The number of rotatable bonds is 9. The van der Waals surface area contributed by atoms with E-state index in [9.17, 15) is 10.4 Å². The summed E-state index contributed by atoms with van der Waals surface area (Å²) in [6, 6.07) is 12.4. The second kappa shape index (κ2) is 9.06. The van der Waals surface area contributed by atoms with Crippen LogP contribution in [0, 0.1) is 11.3 Å². The number of nitriles is 1. The molecule has 21 heavy (non-hydrogen) atoms. The van der Waals surface area contributed by atoms with Gasteiger partial charge in [0.2, 0.25) is 0 Å². The first-order valence-corrected chi connectivity index (χ1v) is 8.30. The molecule has 0 aromatic heterocycles. The van der Waals surface area contributed by atoms with Gasteiger partial charge < -0.3 is 10.2 Å². The Balaban J connectivity index is 2.76. The maximum Gasteiger partial charge on any atom is 0.133 e. The Bertz CT molecular complexity index is 447. The van der Waals surface area contributed by atoms with Crippen molar-refractivity contribution in [2.75, 3.05) is 18.1 Å². The van der Waals surface area contributed by atoms with Gasteiger partial charge in [-0.1, -0.05) is 30.3 Å². The normalized spacial score (nSPS) is 15.4. The minimum Gasteiger partial charge on any atom is -0.394 e. The maximum absolute atomic E-state index is 9.72. The van der Waals surface area contributed by atoms with Gasteiger partial charge in [-0.15, -0.1) is 0 Å². The van der Waals surface area contributed by atoms with Gasteiger partial charge in [-0.3, -0.25) is 5.32 Å². The number of aliphatic hydroxyl groups excluding tert-OH is 2. The molecule has 3 N–H and O–H groups in total. The molecule has 1 aromatic rings. The lowest BCUT2D eigenvalue weighted by molar-refractivity contribution is 0.113. The zero-order valence-electron chi connectivity index (χ0n) is 12.6. The second-order valence-corrected chi connectivity index (χ2v) is 6.49. The van der Waals surface area contributed by atoms with Gasteiger partial charge in [-0.2, -0.15) is 17.0 Å². The van der Waals surface area contributed by atoms with Crippen molar-refractivity contribution in [2.45, 2.75) is 38.0 Å². The van der Waals surface area contributed by atoms with E-state index in [0.717, 1.165) is 11.3 Å². The number of nitrogens with one attached hydrogen (secondary N) is 1. The zero-order chi connectivity index (χ0) is 15.7. The molecule has 0 heterocycles. The Morgan fingerprint density at radius 2 is 2.00 bits per heavy atom. The van der Waals surface area contributed by atoms with Crippen LogP contribution in [-0.2, 0) is 5.54 Å². The summed E-state index contributed by atoms with van der Waals surface area (Å²) in [5.41, 5.74) is 0.247. The van der Waals surface area contributed by atoms with Crippen molar-refractivity contribution in [3.05, 3.63) is 35.9 Å². The fraction of sp³-hybridized carbons (Fsp3) is 0.562. The van der Waals surface area contributed by atoms with Crippen molar-refractivity contribution < 1.29 is 10.2 Å². The molecule has 5 heteroatoms. The molecule has 0 fully saturated rings. The lowest BCUT2D eigenvalue weighted by Gasteiger charge is -2.30. The van der Waals surface area contributed by atoms with Crippen LogP contribution in [0.1, 0.15) is 25.8 Å². The van der Waals surface area contributed by atoms with Crippen LogP contribution >= 0.6 is 11.8 Å². The third-order valence-electron chi connectivity index (χ3n) is 3.13. The van der Waals surface area contributed by atoms with Gasteiger partial charge >= 0.3 is 0 Å². The van der Waals surface area contributed by atoms with Crippen LogP contribution in [-0.4, -0.2) is 40.5 Å². The lowest BCUT2D eigenvalue weighted by Crippen LogP contribution is -2.45. The molecule has 0 saturated heterocycles. The molecule has 0 spiro atoms. The topological polar surface area (TPSA) is 76.3 Å². The second-order valence-electron chi connectivity index (χ2n) is 5.34. The highest BCUT2D eigenvalue weighted by atomic mass is 32.2. The van der Waals surface area contributed by atoms with Crippen molar-refractivity contribution in [3.8, 4) is 6.07 Å². The molecule has 1 rings (SSSR count). The van der Waals surface area contributed by atoms with E-state index in [0.29, 0.717) is 12.2 Å². The molecular weight excluding hydrogens is 284 g/mol. The van der Waals surface area contributed by atoms with Gasteiger partial charge in [0.15, 0.2) is 0 Å². The molecule has 0 saturated carbocycles. The molecule has 2 unspecified atom stereocenters. The smallest absolute Gasteiger partial charge is 0.133 e. The number of aliphatic hydroxyl groups is 2. The first-order chi connectivity index (χ1) is 10.0. The third kappa shape index (κ3) is 5.68. The Hall–Kier alpha value is -1.06. The van der Waals surface area contributed by atoms with Crippen molar-refractivity contribution in [1.29, 1.82) is 5.26 Å². The number of nitrogens with zero attached hydrogens (tertiary/aromatic N) is 1. The van der Waals surface area contributed by atoms with E-state index in [2.05, 4.69) is 11.4 Å². The summed E-state index contributed by atoms with van der Waals surface area (Å²) < 4.78 is 0. The van der Waals surface area contributed by atoms with Gasteiger partial charge in [0.25, 0.3) is 0 Å². The SMILES string of the molecule is CC(C)NC(C#N)(CCSCC(O)CO)c1ccccc1. The average molecular weight is 308 g/mol. The molecule has 0 aliphatic rings. The maximum atomic E-state index is 9.72. The van der Waals surface area contributed by atoms with Crippen LogP contribution in [0.15, 0.2) is 30.3 Å². The first-order valence-electron chi connectivity index (χ1n) is 7.15. The number of hydrogen-bond acceptors (Lipinski definition) is 5. The molecule has 0 aliphatic carbocycles. The summed E-state index contributed by atoms with van der Waals surface area (Å²) in [6.07, 6.45) is -0.0459. The quantitative estimate of drug-likeness (QED) is 0.607. The minimum atomic E-state index is -0.716. The number of benzene rings is 1. The van der Waals surface area contributed by atoms with Gasteiger partial charge in [-0.25, -0.2) is 0 Å². The van der Waals surface area contributed by atoms with E-state index in [1.54, 1.807) is 11.8 Å². The summed E-state index contributed by atoms with van der Waals surface area (Å²) in [5.74, 6) is 1.22. The van der Waals surface area contributed by atoms with Crippen LogP contribution in [0.25, 0.3) is 0 Å². The first kappa shape index (κ1) is 18.0. The van der Waals surface area contributed by atoms with Crippen molar-refractivity contribution in [2.24, 2.45) is 0 Å². The summed E-state index contributed by atoms with van der Waals surface area (Å²) in [6.45, 7) is 3.83. The number of thioether (sulfide) groups is 1. The van der Waals surface area contributed by atoms with Crippen LogP contribution in [0.2, 0.25) is 0 Å². The molecular formula is C16H24N2O2S. The van der Waals surface area contributed by atoms with Crippen molar-refractivity contribution in [3.63, 3.8) is 0 Å². The van der Waals surface area contributed by atoms with Crippen LogP contribution in [0.4, 0.5) is 0 Å². The minimum absolute atomic E-state index is 0.192. The zero-order valence-corrected chi connectivity index (χ0v) is 13.4. The predicted molar refractivity (Wildman–Crippen MR) is 87.0 cm³/mol. The molecule has 1 aromatic carbocycles. The van der Waals surface area contributed by atoms with Gasteiger partial charge in [0.05, 0.1) is 18.8 Å². The molecule has 0 aliphatic heterocycles. The number of hydrogen-bond donors (Lipinski definition) is 3. The van der Waals surface area contributed by atoms with E-state index in [4.69, 9.17) is 5.11 Å². The average Bonchev–Trinajstić information content (AvgIpc) is 2.50. The van der Waals surface area contributed by atoms with Crippen molar-refractivity contribution in [1.82, 2.24) is 5.32 Å². The third-order valence-corrected chi connectivity index (χ3v) is 4.25. The van der Waals surface area contributed by atoms with E-state index in [-0.39, 0.29) is 12.6 Å². The Kier molecular flexibility index (Phi) is 7.76. The fourth-order valence-corrected chi connectivity index (χ4v) is 3.16. The van der Waals surface area contributed by atoms with Gasteiger partial charge in [0.1, 0.15) is 5.54 Å². The summed E-state index contributed by atoms with van der Waals surface area (Å²) in [4.78, 5) is 0. The standard InChI is InChI=1S/C16H24N2O2S/c1-13(2)18-16(12-17,14-6-4-3-5-7-14)8-9-21-11-15(20)10-19/h3-7,13,15,18-20H,8-11H2,1-2H3. The Morgan fingerprint density at radius 1 is 1.33 bits per heavy atom. The van der Waals surface area contributed by atoms with Crippen LogP contribution in [0.3, 0.4) is 0 Å². The van der Waals surface area contributed by atoms with Crippen LogP contribution < -0.4 is 5.32 Å². The summed E-state index contributed by atoms with van der Waals surface area (Å²) >= 11 is 1.55. The summed E-state index contributed by atoms with van der Waals surface area (Å²) in [7, 11) is 0. The van der Waals surface area contributed by atoms with Crippen molar-refractivity contribution >= 4 is 11.8 Å². The lowest BCUT2D eigenvalue weighted by atomic mass is 9.88. The largest absolute Gasteiger partial charge is 0.394 e. The fourth-order valence-electron chi connectivity index (χ4n) is 2.17. The van der Waals surface area contributed by atoms with Crippen LogP contribution in [0.5, 0.6) is 0 Å².